The number of anilines is 2. The fraction of sp³-hybridized carbons (Fsp3) is 0.290. The summed E-state index contributed by atoms with van der Waals surface area (Å²) in [4.78, 5) is 11.4. The van der Waals surface area contributed by atoms with Gasteiger partial charge in [0.2, 0.25) is 10.0 Å². The zero-order valence-corrected chi connectivity index (χ0v) is 25.1. The van der Waals surface area contributed by atoms with Crippen molar-refractivity contribution in [1.29, 1.82) is 0 Å². The van der Waals surface area contributed by atoms with Crippen LogP contribution in [0.5, 0.6) is 0 Å². The Bertz CT molecular complexity index is 1510. The van der Waals surface area contributed by atoms with Crippen LogP contribution in [0.1, 0.15) is 56.0 Å². The van der Waals surface area contributed by atoms with Gasteiger partial charge < -0.3 is 11.5 Å². The fourth-order valence-corrected chi connectivity index (χ4v) is 5.76. The highest BCUT2D eigenvalue weighted by Gasteiger charge is 2.18. The lowest BCUT2D eigenvalue weighted by Gasteiger charge is -2.10. The van der Waals surface area contributed by atoms with Gasteiger partial charge in [0.05, 0.1) is 4.90 Å². The summed E-state index contributed by atoms with van der Waals surface area (Å²) in [6.45, 7) is 6.16. The molecule has 0 saturated carbocycles. The molecular formula is C31H39N5O2S2. The molecule has 0 saturated heterocycles. The second-order valence-corrected chi connectivity index (χ2v) is 12.5. The van der Waals surface area contributed by atoms with Crippen molar-refractivity contribution in [3.8, 4) is 11.4 Å². The molecule has 0 aliphatic rings. The highest BCUT2D eigenvalue weighted by molar-refractivity contribution is 7.99. The first kappa shape index (κ1) is 31.1. The molecule has 0 bridgehead atoms. The van der Waals surface area contributed by atoms with E-state index in [9.17, 15) is 8.42 Å². The van der Waals surface area contributed by atoms with Crippen LogP contribution in [0.15, 0.2) is 87.5 Å². The molecule has 9 heteroatoms. The maximum atomic E-state index is 11.9. The first-order valence-corrected chi connectivity index (χ1v) is 15.8. The van der Waals surface area contributed by atoms with E-state index < -0.39 is 10.0 Å². The van der Waals surface area contributed by atoms with Gasteiger partial charge in [0.25, 0.3) is 0 Å². The Morgan fingerprint density at radius 3 is 2.15 bits per heavy atom. The van der Waals surface area contributed by atoms with Crippen molar-refractivity contribution in [1.82, 2.24) is 9.97 Å². The Morgan fingerprint density at radius 2 is 1.48 bits per heavy atom. The minimum Gasteiger partial charge on any atom is -0.399 e. The molecule has 1 aromatic heterocycles. The quantitative estimate of drug-likeness (QED) is 0.137. The van der Waals surface area contributed by atoms with Gasteiger partial charge in [0.1, 0.15) is 0 Å². The highest BCUT2D eigenvalue weighted by Crippen LogP contribution is 2.29. The summed E-state index contributed by atoms with van der Waals surface area (Å²) in [5.74, 6) is 0.347. The number of rotatable bonds is 10. The van der Waals surface area contributed by atoms with Crippen molar-refractivity contribution in [2.24, 2.45) is 5.14 Å². The van der Waals surface area contributed by atoms with E-state index in [4.69, 9.17) is 16.6 Å². The van der Waals surface area contributed by atoms with Gasteiger partial charge in [-0.2, -0.15) is 0 Å². The number of aryl methyl sites for hydroxylation is 3. The minimum absolute atomic E-state index is 0.0128. The summed E-state index contributed by atoms with van der Waals surface area (Å²) in [5.41, 5.74) is 16.0. The second-order valence-electron chi connectivity index (χ2n) is 9.78. The van der Waals surface area contributed by atoms with Crippen LogP contribution in [0.4, 0.5) is 11.4 Å². The van der Waals surface area contributed by atoms with E-state index in [1.54, 1.807) is 17.8 Å². The summed E-state index contributed by atoms with van der Waals surface area (Å²) < 4.78 is 23.7. The number of benzene rings is 3. The third-order valence-electron chi connectivity index (χ3n) is 6.10. The van der Waals surface area contributed by atoms with Crippen LogP contribution in [0.3, 0.4) is 0 Å². The van der Waals surface area contributed by atoms with Crippen LogP contribution in [0.2, 0.25) is 0 Å². The predicted octanol–water partition coefficient (Wildman–Crippen LogP) is 6.92. The lowest BCUT2D eigenvalue weighted by atomic mass is 10.1. The molecule has 0 spiro atoms. The number of aromatic nitrogens is 2. The van der Waals surface area contributed by atoms with Crippen molar-refractivity contribution in [2.75, 3.05) is 11.5 Å². The van der Waals surface area contributed by atoms with Gasteiger partial charge >= 0.3 is 0 Å². The topological polar surface area (TPSA) is 138 Å². The van der Waals surface area contributed by atoms with E-state index >= 15 is 0 Å². The summed E-state index contributed by atoms with van der Waals surface area (Å²) >= 11 is 1.75. The Kier molecular flexibility index (Phi) is 11.5. The Balaban J connectivity index is 0.000000249. The van der Waals surface area contributed by atoms with Gasteiger partial charge in [-0.25, -0.2) is 23.5 Å². The average molecular weight is 578 g/mol. The standard InChI is InChI=1S/C18H26N4O2S.C13H13NS/c1-3-4-5-6-7-8-15-11-13(2)21-18(22-15)16-12-14(19)9-10-17(16)25(20,23)24;1-10-3-2-4-13(9-10)15-12-7-5-11(14)6-8-12/h9-12H,3-8,19H2,1-2H3,(H2,20,23,24);2-9H,14H2,1H3. The van der Waals surface area contributed by atoms with E-state index in [1.165, 1.54) is 46.7 Å². The number of unbranched alkanes of at least 4 members (excludes halogenated alkanes) is 4. The largest absolute Gasteiger partial charge is 0.399 e. The highest BCUT2D eigenvalue weighted by atomic mass is 32.2. The molecule has 0 radical (unpaired) electrons. The number of nitrogen functional groups attached to an aromatic ring is 2. The molecule has 4 rings (SSSR count). The minimum atomic E-state index is -3.89. The molecule has 0 amide bonds. The first-order valence-electron chi connectivity index (χ1n) is 13.4. The predicted molar refractivity (Wildman–Crippen MR) is 167 cm³/mol. The smallest absolute Gasteiger partial charge is 0.238 e. The zero-order chi connectivity index (χ0) is 29.1. The number of nitrogens with zero attached hydrogens (tertiary/aromatic N) is 2. The molecule has 0 atom stereocenters. The maximum Gasteiger partial charge on any atom is 0.238 e. The van der Waals surface area contributed by atoms with Crippen LogP contribution in [-0.2, 0) is 16.4 Å². The van der Waals surface area contributed by atoms with Crippen molar-refractivity contribution < 1.29 is 8.42 Å². The normalized spacial score (nSPS) is 11.1. The third kappa shape index (κ3) is 9.97. The molecule has 0 aliphatic carbocycles. The first-order chi connectivity index (χ1) is 19.0. The maximum absolute atomic E-state index is 11.9. The zero-order valence-electron chi connectivity index (χ0n) is 23.4. The summed E-state index contributed by atoms with van der Waals surface area (Å²) in [6.07, 6.45) is 6.73. The van der Waals surface area contributed by atoms with E-state index in [0.717, 1.165) is 36.3 Å². The Hall–Kier alpha value is -3.40. The van der Waals surface area contributed by atoms with E-state index in [0.29, 0.717) is 17.1 Å². The molecule has 4 aromatic rings. The summed E-state index contributed by atoms with van der Waals surface area (Å²) in [5, 5.41) is 5.32. The van der Waals surface area contributed by atoms with Crippen molar-refractivity contribution >= 4 is 33.2 Å². The van der Waals surface area contributed by atoms with Crippen LogP contribution in [0.25, 0.3) is 11.4 Å². The average Bonchev–Trinajstić information content (AvgIpc) is 2.89. The Labute approximate surface area is 242 Å². The van der Waals surface area contributed by atoms with Gasteiger partial charge in [-0.3, -0.25) is 0 Å². The van der Waals surface area contributed by atoms with E-state index in [-0.39, 0.29) is 4.90 Å². The fourth-order valence-electron chi connectivity index (χ4n) is 4.11. The molecule has 212 valence electrons. The number of primary sulfonamides is 1. The molecule has 1 heterocycles. The van der Waals surface area contributed by atoms with Crippen LogP contribution in [-0.4, -0.2) is 18.4 Å². The number of nitrogens with two attached hydrogens (primary N) is 3. The SMILES string of the molecule is CCCCCCCc1cc(C)nc(-c2cc(N)ccc2S(N)(=O)=O)n1.Cc1cccc(Sc2ccc(N)cc2)c1. The number of sulfonamides is 1. The molecule has 40 heavy (non-hydrogen) atoms. The molecule has 0 fully saturated rings. The van der Waals surface area contributed by atoms with Gasteiger partial charge in [0.15, 0.2) is 5.82 Å². The molecular weight excluding hydrogens is 539 g/mol. The van der Waals surface area contributed by atoms with Gasteiger partial charge in [-0.05, 0) is 87.4 Å². The van der Waals surface area contributed by atoms with Crippen LogP contribution in [0, 0.1) is 13.8 Å². The monoisotopic (exact) mass is 577 g/mol. The van der Waals surface area contributed by atoms with Crippen molar-refractivity contribution in [2.45, 2.75) is 74.0 Å². The summed E-state index contributed by atoms with van der Waals surface area (Å²) in [6, 6.07) is 22.8. The third-order valence-corrected chi connectivity index (χ3v) is 8.07. The van der Waals surface area contributed by atoms with Crippen LogP contribution >= 0.6 is 11.8 Å². The molecule has 7 nitrogen and oxygen atoms in total. The van der Waals surface area contributed by atoms with Gasteiger partial charge in [-0.15, -0.1) is 0 Å². The summed E-state index contributed by atoms with van der Waals surface area (Å²) in [7, 11) is -3.89. The van der Waals surface area contributed by atoms with E-state index in [2.05, 4.69) is 48.1 Å². The van der Waals surface area contributed by atoms with Crippen molar-refractivity contribution in [3.05, 3.63) is 89.7 Å². The van der Waals surface area contributed by atoms with Crippen LogP contribution < -0.4 is 16.6 Å². The van der Waals surface area contributed by atoms with E-state index in [1.807, 2.05) is 37.3 Å². The van der Waals surface area contributed by atoms with Crippen molar-refractivity contribution in [3.63, 3.8) is 0 Å². The second kappa shape index (κ2) is 14.8. The molecule has 3 aromatic carbocycles. The Morgan fingerprint density at radius 1 is 0.775 bits per heavy atom. The number of hydrogen-bond donors (Lipinski definition) is 3. The van der Waals surface area contributed by atoms with Gasteiger partial charge in [0, 0.05) is 38.1 Å². The lowest BCUT2D eigenvalue weighted by molar-refractivity contribution is 0.598. The van der Waals surface area contributed by atoms with Gasteiger partial charge in [-0.1, -0.05) is 62.1 Å². The molecule has 0 aliphatic heterocycles. The molecule has 0 unspecified atom stereocenters. The lowest BCUT2D eigenvalue weighted by Crippen LogP contribution is -2.14. The number of hydrogen-bond acceptors (Lipinski definition) is 7. The molecule has 6 N–H and O–H groups in total.